The van der Waals surface area contributed by atoms with Crippen LogP contribution in [0.4, 0.5) is 0 Å². The Morgan fingerprint density at radius 3 is 2.15 bits per heavy atom. The van der Waals surface area contributed by atoms with Crippen LogP contribution in [-0.4, -0.2) is 0 Å². The molecule has 13 heavy (non-hydrogen) atoms. The fourth-order valence-corrected chi connectivity index (χ4v) is 1.65. The van der Waals surface area contributed by atoms with E-state index in [1.165, 1.54) is 38.5 Å². The van der Waals surface area contributed by atoms with Gasteiger partial charge < -0.3 is 0 Å². The smallest absolute Gasteiger partial charge is 0.0389 e. The van der Waals surface area contributed by atoms with Crippen molar-refractivity contribution in [1.29, 1.82) is 0 Å². The van der Waals surface area contributed by atoms with Crippen LogP contribution in [0, 0.1) is 18.3 Å². The minimum Gasteiger partial charge on any atom is -0.0654 e. The van der Waals surface area contributed by atoms with E-state index < -0.39 is 0 Å². The fourth-order valence-electron chi connectivity index (χ4n) is 1.65. The Hall–Kier alpha value is 0. The van der Waals surface area contributed by atoms with Crippen molar-refractivity contribution in [2.75, 3.05) is 0 Å². The fraction of sp³-hybridized carbons (Fsp3) is 0.923. The van der Waals surface area contributed by atoms with Gasteiger partial charge in [0.25, 0.3) is 0 Å². The van der Waals surface area contributed by atoms with Crippen LogP contribution in [0.2, 0.25) is 0 Å². The molecular formula is C13H27. The van der Waals surface area contributed by atoms with Crippen LogP contribution in [0.15, 0.2) is 0 Å². The predicted molar refractivity (Wildman–Crippen MR) is 61.7 cm³/mol. The molecule has 0 saturated carbocycles. The van der Waals surface area contributed by atoms with E-state index in [-0.39, 0.29) is 0 Å². The highest BCUT2D eigenvalue weighted by atomic mass is 14.1. The van der Waals surface area contributed by atoms with Gasteiger partial charge in [-0.25, -0.2) is 0 Å². The Bertz CT molecular complexity index is 96.2. The molecule has 0 rings (SSSR count). The lowest BCUT2D eigenvalue weighted by Gasteiger charge is -2.12. The molecule has 0 aliphatic carbocycles. The van der Waals surface area contributed by atoms with Gasteiger partial charge in [0.1, 0.15) is 0 Å². The molecule has 0 fully saturated rings. The molecule has 0 aliphatic heterocycles. The summed E-state index contributed by atoms with van der Waals surface area (Å²) in [5.41, 5.74) is 0. The summed E-state index contributed by atoms with van der Waals surface area (Å²) < 4.78 is 0. The molecule has 0 heteroatoms. The first-order chi connectivity index (χ1) is 6.20. The minimum absolute atomic E-state index is 0.818. The van der Waals surface area contributed by atoms with Crippen molar-refractivity contribution in [2.45, 2.75) is 66.2 Å². The van der Waals surface area contributed by atoms with Gasteiger partial charge in [-0.05, 0) is 18.3 Å². The van der Waals surface area contributed by atoms with E-state index in [4.69, 9.17) is 0 Å². The summed E-state index contributed by atoms with van der Waals surface area (Å²) in [4.78, 5) is 0. The zero-order valence-electron chi connectivity index (χ0n) is 9.97. The molecule has 1 radical (unpaired) electrons. The zero-order chi connectivity index (χ0) is 10.1. The SMILES string of the molecule is C[CH]C(C)CCCC(C)CCCC. The van der Waals surface area contributed by atoms with Crippen LogP contribution in [0.25, 0.3) is 0 Å². The standard InChI is InChI=1S/C13H27/c1-5-7-9-13(4)11-8-10-12(3)6-2/h6,12-13H,5,7-11H2,1-4H3. The molecule has 0 aromatic carbocycles. The zero-order valence-corrected chi connectivity index (χ0v) is 9.97. The molecule has 0 bridgehead atoms. The molecular weight excluding hydrogens is 156 g/mol. The Kier molecular flexibility index (Phi) is 8.59. The molecule has 0 aliphatic rings. The Morgan fingerprint density at radius 2 is 1.62 bits per heavy atom. The van der Waals surface area contributed by atoms with Crippen LogP contribution in [0.1, 0.15) is 66.2 Å². The summed E-state index contributed by atoms with van der Waals surface area (Å²) in [6.45, 7) is 9.17. The molecule has 79 valence electrons. The highest BCUT2D eigenvalue weighted by Gasteiger charge is 2.03. The lowest BCUT2D eigenvalue weighted by molar-refractivity contribution is 0.429. The van der Waals surface area contributed by atoms with E-state index in [0.717, 1.165) is 11.8 Å². The van der Waals surface area contributed by atoms with E-state index in [2.05, 4.69) is 34.1 Å². The molecule has 2 unspecified atom stereocenters. The van der Waals surface area contributed by atoms with Gasteiger partial charge in [0.05, 0.1) is 0 Å². The first-order valence-corrected chi connectivity index (χ1v) is 6.00. The number of rotatable bonds is 8. The molecule has 0 aromatic rings. The summed E-state index contributed by atoms with van der Waals surface area (Å²) in [7, 11) is 0. The van der Waals surface area contributed by atoms with Crippen LogP contribution in [-0.2, 0) is 0 Å². The lowest BCUT2D eigenvalue weighted by atomic mass is 9.94. The third-order valence-electron chi connectivity index (χ3n) is 2.98. The van der Waals surface area contributed by atoms with Crippen molar-refractivity contribution in [1.82, 2.24) is 0 Å². The van der Waals surface area contributed by atoms with E-state index in [9.17, 15) is 0 Å². The van der Waals surface area contributed by atoms with Gasteiger partial charge in [-0.3, -0.25) is 0 Å². The molecule has 0 spiro atoms. The van der Waals surface area contributed by atoms with E-state index in [1.807, 2.05) is 0 Å². The Labute approximate surface area is 85.1 Å². The molecule has 0 aromatic heterocycles. The number of hydrogen-bond acceptors (Lipinski definition) is 0. The summed E-state index contributed by atoms with van der Waals surface area (Å²) >= 11 is 0. The highest BCUT2D eigenvalue weighted by Crippen LogP contribution is 2.18. The van der Waals surface area contributed by atoms with Gasteiger partial charge in [0.15, 0.2) is 0 Å². The molecule has 0 nitrogen and oxygen atoms in total. The summed E-state index contributed by atoms with van der Waals surface area (Å²) in [5, 5.41) is 0. The molecule has 0 N–H and O–H groups in total. The van der Waals surface area contributed by atoms with Gasteiger partial charge in [0, 0.05) is 0 Å². The number of hydrogen-bond donors (Lipinski definition) is 0. The second kappa shape index (κ2) is 8.59. The Morgan fingerprint density at radius 1 is 1.00 bits per heavy atom. The van der Waals surface area contributed by atoms with Gasteiger partial charge in [-0.1, -0.05) is 66.2 Å². The topological polar surface area (TPSA) is 0 Å². The van der Waals surface area contributed by atoms with Crippen molar-refractivity contribution in [3.8, 4) is 0 Å². The first-order valence-electron chi connectivity index (χ1n) is 6.00. The maximum Gasteiger partial charge on any atom is -0.0389 e. The first kappa shape index (κ1) is 13.0. The summed E-state index contributed by atoms with van der Waals surface area (Å²) in [6, 6.07) is 0. The molecule has 0 heterocycles. The van der Waals surface area contributed by atoms with Gasteiger partial charge in [-0.2, -0.15) is 0 Å². The monoisotopic (exact) mass is 183 g/mol. The van der Waals surface area contributed by atoms with Crippen LogP contribution >= 0.6 is 0 Å². The molecule has 0 saturated heterocycles. The Balaban J connectivity index is 3.21. The van der Waals surface area contributed by atoms with Crippen molar-refractivity contribution in [3.63, 3.8) is 0 Å². The maximum absolute atomic E-state index is 2.40. The number of unbranched alkanes of at least 4 members (excludes halogenated alkanes) is 1. The molecule has 0 amide bonds. The summed E-state index contributed by atoms with van der Waals surface area (Å²) in [5.74, 6) is 1.77. The average molecular weight is 183 g/mol. The summed E-state index contributed by atoms with van der Waals surface area (Å²) in [6.07, 6.45) is 10.7. The third-order valence-corrected chi connectivity index (χ3v) is 2.98. The van der Waals surface area contributed by atoms with Gasteiger partial charge in [0.2, 0.25) is 0 Å². The predicted octanol–water partition coefficient (Wildman–Crippen LogP) is 4.84. The second-order valence-corrected chi connectivity index (χ2v) is 4.49. The highest BCUT2D eigenvalue weighted by molar-refractivity contribution is 4.66. The third kappa shape index (κ3) is 8.33. The second-order valence-electron chi connectivity index (χ2n) is 4.49. The minimum atomic E-state index is 0.818. The molecule has 2 atom stereocenters. The maximum atomic E-state index is 2.40. The lowest BCUT2D eigenvalue weighted by Crippen LogP contribution is -1.98. The normalized spacial score (nSPS) is 15.7. The van der Waals surface area contributed by atoms with Gasteiger partial charge in [-0.15, -0.1) is 0 Å². The van der Waals surface area contributed by atoms with Crippen LogP contribution in [0.5, 0.6) is 0 Å². The largest absolute Gasteiger partial charge is 0.0654 e. The quantitative estimate of drug-likeness (QED) is 0.505. The van der Waals surface area contributed by atoms with Gasteiger partial charge >= 0.3 is 0 Å². The van der Waals surface area contributed by atoms with Crippen LogP contribution in [0.3, 0.4) is 0 Å². The van der Waals surface area contributed by atoms with E-state index >= 15 is 0 Å². The van der Waals surface area contributed by atoms with E-state index in [1.54, 1.807) is 0 Å². The van der Waals surface area contributed by atoms with E-state index in [0.29, 0.717) is 0 Å². The van der Waals surface area contributed by atoms with Crippen molar-refractivity contribution >= 4 is 0 Å². The van der Waals surface area contributed by atoms with Crippen LogP contribution < -0.4 is 0 Å². The van der Waals surface area contributed by atoms with Crippen molar-refractivity contribution < 1.29 is 0 Å². The van der Waals surface area contributed by atoms with Crippen molar-refractivity contribution in [2.24, 2.45) is 11.8 Å². The van der Waals surface area contributed by atoms with Crippen molar-refractivity contribution in [3.05, 3.63) is 6.42 Å². The average Bonchev–Trinajstić information content (AvgIpc) is 2.14.